The van der Waals surface area contributed by atoms with E-state index in [4.69, 9.17) is 15.7 Å². The number of rotatable bonds is 4. The number of aryl methyl sites for hydroxylation is 2. The van der Waals surface area contributed by atoms with Crippen molar-refractivity contribution in [3.05, 3.63) is 28.8 Å². The second-order valence-corrected chi connectivity index (χ2v) is 4.78. The van der Waals surface area contributed by atoms with Gasteiger partial charge in [0.15, 0.2) is 0 Å². The summed E-state index contributed by atoms with van der Waals surface area (Å²) in [5.74, 6) is 0.915. The molecule has 1 aromatic carbocycles. The predicted molar refractivity (Wildman–Crippen MR) is 69.0 cm³/mol. The third-order valence-electron chi connectivity index (χ3n) is 3.00. The fourth-order valence-electron chi connectivity index (χ4n) is 1.57. The highest BCUT2D eigenvalue weighted by atomic mass is 16.5. The van der Waals surface area contributed by atoms with E-state index in [1.165, 1.54) is 5.56 Å². The Kier molecular flexibility index (Phi) is 4.14. The van der Waals surface area contributed by atoms with Gasteiger partial charge in [-0.3, -0.25) is 0 Å². The summed E-state index contributed by atoms with van der Waals surface area (Å²) in [5.41, 5.74) is 8.41. The van der Waals surface area contributed by atoms with Crippen molar-refractivity contribution in [3.8, 4) is 11.8 Å². The fraction of sp³-hybridized carbons (Fsp3) is 0.500. The molecule has 0 aliphatic rings. The van der Waals surface area contributed by atoms with Crippen LogP contribution in [0.4, 0.5) is 0 Å². The molecule has 1 atom stereocenters. The van der Waals surface area contributed by atoms with Crippen LogP contribution in [0.2, 0.25) is 0 Å². The lowest BCUT2D eigenvalue weighted by molar-refractivity contribution is 0.282. The molecule has 92 valence electrons. The van der Waals surface area contributed by atoms with Crippen LogP contribution in [-0.2, 0) is 0 Å². The van der Waals surface area contributed by atoms with Gasteiger partial charge >= 0.3 is 0 Å². The first kappa shape index (κ1) is 13.5. The maximum atomic E-state index is 8.81. The van der Waals surface area contributed by atoms with Crippen molar-refractivity contribution in [3.63, 3.8) is 0 Å². The van der Waals surface area contributed by atoms with Gasteiger partial charge in [-0.2, -0.15) is 5.26 Å². The second-order valence-electron chi connectivity index (χ2n) is 4.78. The standard InChI is InChI=1S/C14H20N2O/c1-10-5-6-11(2)13(12(10)3)17-8-7-14(4,16)9-15/h5-6H,7-8,16H2,1-4H3. The van der Waals surface area contributed by atoms with Crippen LogP contribution in [0.3, 0.4) is 0 Å². The first-order chi connectivity index (χ1) is 7.87. The lowest BCUT2D eigenvalue weighted by Gasteiger charge is -2.18. The van der Waals surface area contributed by atoms with Gasteiger partial charge in [0.1, 0.15) is 11.3 Å². The molecular weight excluding hydrogens is 212 g/mol. The number of hydrogen-bond donors (Lipinski definition) is 1. The van der Waals surface area contributed by atoms with Crippen LogP contribution in [0.15, 0.2) is 12.1 Å². The Morgan fingerprint density at radius 3 is 2.47 bits per heavy atom. The van der Waals surface area contributed by atoms with Crippen molar-refractivity contribution < 1.29 is 4.74 Å². The van der Waals surface area contributed by atoms with E-state index in [-0.39, 0.29) is 0 Å². The molecule has 0 fully saturated rings. The molecule has 0 aliphatic carbocycles. The molecule has 1 aromatic rings. The van der Waals surface area contributed by atoms with Crippen molar-refractivity contribution in [2.24, 2.45) is 5.73 Å². The van der Waals surface area contributed by atoms with Crippen LogP contribution >= 0.6 is 0 Å². The van der Waals surface area contributed by atoms with Crippen molar-refractivity contribution in [1.82, 2.24) is 0 Å². The van der Waals surface area contributed by atoms with E-state index >= 15 is 0 Å². The predicted octanol–water partition coefficient (Wildman–Crippen LogP) is 2.62. The number of benzene rings is 1. The Hall–Kier alpha value is -1.53. The molecule has 0 aliphatic heterocycles. The molecule has 3 heteroatoms. The molecule has 1 rings (SSSR count). The van der Waals surface area contributed by atoms with E-state index in [0.29, 0.717) is 13.0 Å². The molecule has 0 amide bonds. The number of nitrogens with zero attached hydrogens (tertiary/aromatic N) is 1. The molecule has 0 radical (unpaired) electrons. The Labute approximate surface area is 103 Å². The molecular formula is C14H20N2O. The summed E-state index contributed by atoms with van der Waals surface area (Å²) in [5, 5.41) is 8.81. The van der Waals surface area contributed by atoms with Gasteiger partial charge in [-0.15, -0.1) is 0 Å². The first-order valence-electron chi connectivity index (χ1n) is 5.77. The number of nitrogens with two attached hydrogens (primary N) is 1. The van der Waals surface area contributed by atoms with E-state index in [9.17, 15) is 0 Å². The summed E-state index contributed by atoms with van der Waals surface area (Å²) >= 11 is 0. The van der Waals surface area contributed by atoms with E-state index in [1.807, 2.05) is 19.9 Å². The highest BCUT2D eigenvalue weighted by molar-refractivity contribution is 5.44. The van der Waals surface area contributed by atoms with E-state index in [2.05, 4.69) is 19.1 Å². The molecule has 0 aromatic heterocycles. The second kappa shape index (κ2) is 5.20. The Bertz CT molecular complexity index is 444. The normalized spacial score (nSPS) is 13.9. The van der Waals surface area contributed by atoms with Gasteiger partial charge in [-0.05, 0) is 44.4 Å². The van der Waals surface area contributed by atoms with E-state index in [1.54, 1.807) is 6.92 Å². The van der Waals surface area contributed by atoms with Gasteiger partial charge in [-0.1, -0.05) is 12.1 Å². The van der Waals surface area contributed by atoms with Crippen LogP contribution in [-0.4, -0.2) is 12.1 Å². The quantitative estimate of drug-likeness (QED) is 0.868. The van der Waals surface area contributed by atoms with Gasteiger partial charge in [-0.25, -0.2) is 0 Å². The van der Waals surface area contributed by atoms with Crippen molar-refractivity contribution in [2.75, 3.05) is 6.61 Å². The van der Waals surface area contributed by atoms with Gasteiger partial charge in [0.2, 0.25) is 0 Å². The minimum absolute atomic E-state index is 0.464. The van der Waals surface area contributed by atoms with Crippen molar-refractivity contribution >= 4 is 0 Å². The highest BCUT2D eigenvalue weighted by Gasteiger charge is 2.17. The zero-order valence-corrected chi connectivity index (χ0v) is 11.0. The first-order valence-corrected chi connectivity index (χ1v) is 5.77. The summed E-state index contributed by atoms with van der Waals surface area (Å²) in [6, 6.07) is 6.19. The van der Waals surface area contributed by atoms with Crippen molar-refractivity contribution in [1.29, 1.82) is 5.26 Å². The van der Waals surface area contributed by atoms with Gasteiger partial charge in [0.25, 0.3) is 0 Å². The average molecular weight is 232 g/mol. The molecule has 0 bridgehead atoms. The topological polar surface area (TPSA) is 59.0 Å². The number of ether oxygens (including phenoxy) is 1. The maximum absolute atomic E-state index is 8.81. The summed E-state index contributed by atoms with van der Waals surface area (Å²) in [7, 11) is 0. The van der Waals surface area contributed by atoms with Crippen LogP contribution in [0.1, 0.15) is 30.0 Å². The molecule has 0 spiro atoms. The van der Waals surface area contributed by atoms with Gasteiger partial charge in [0, 0.05) is 6.42 Å². The zero-order valence-electron chi connectivity index (χ0n) is 11.0. The molecule has 0 heterocycles. The molecule has 0 saturated carbocycles. The minimum Gasteiger partial charge on any atom is -0.493 e. The Morgan fingerprint density at radius 2 is 1.88 bits per heavy atom. The third kappa shape index (κ3) is 3.47. The summed E-state index contributed by atoms with van der Waals surface area (Å²) in [4.78, 5) is 0. The van der Waals surface area contributed by atoms with Crippen LogP contribution in [0.5, 0.6) is 5.75 Å². The van der Waals surface area contributed by atoms with Crippen LogP contribution in [0.25, 0.3) is 0 Å². The summed E-state index contributed by atoms with van der Waals surface area (Å²) < 4.78 is 5.75. The fourth-order valence-corrected chi connectivity index (χ4v) is 1.57. The lowest BCUT2D eigenvalue weighted by Crippen LogP contribution is -2.35. The smallest absolute Gasteiger partial charge is 0.125 e. The summed E-state index contributed by atoms with van der Waals surface area (Å²) in [6.07, 6.45) is 0.524. The molecule has 2 N–H and O–H groups in total. The number of nitriles is 1. The molecule has 1 unspecified atom stereocenters. The van der Waals surface area contributed by atoms with Crippen molar-refractivity contribution in [2.45, 2.75) is 39.7 Å². The largest absolute Gasteiger partial charge is 0.493 e. The molecule has 3 nitrogen and oxygen atoms in total. The molecule has 0 saturated heterocycles. The monoisotopic (exact) mass is 232 g/mol. The van der Waals surface area contributed by atoms with Gasteiger partial charge in [0.05, 0.1) is 12.7 Å². The Balaban J connectivity index is 2.71. The lowest BCUT2D eigenvalue weighted by atomic mass is 10.0. The SMILES string of the molecule is Cc1ccc(C)c(OCCC(C)(N)C#N)c1C. The minimum atomic E-state index is -0.814. The average Bonchev–Trinajstić information content (AvgIpc) is 2.28. The van der Waals surface area contributed by atoms with Crippen LogP contribution in [0, 0.1) is 32.1 Å². The highest BCUT2D eigenvalue weighted by Crippen LogP contribution is 2.26. The number of hydrogen-bond acceptors (Lipinski definition) is 3. The van der Waals surface area contributed by atoms with Gasteiger partial charge < -0.3 is 10.5 Å². The van der Waals surface area contributed by atoms with E-state index in [0.717, 1.165) is 16.9 Å². The summed E-state index contributed by atoms with van der Waals surface area (Å²) in [6.45, 7) is 8.30. The maximum Gasteiger partial charge on any atom is 0.125 e. The van der Waals surface area contributed by atoms with E-state index < -0.39 is 5.54 Å². The molecule has 17 heavy (non-hydrogen) atoms. The Morgan fingerprint density at radius 1 is 1.29 bits per heavy atom. The van der Waals surface area contributed by atoms with Crippen LogP contribution < -0.4 is 10.5 Å². The zero-order chi connectivity index (χ0) is 13.1. The third-order valence-corrected chi connectivity index (χ3v) is 3.00.